The van der Waals surface area contributed by atoms with Crippen molar-refractivity contribution in [3.05, 3.63) is 68.4 Å². The highest BCUT2D eigenvalue weighted by atomic mass is 19.1. The first-order valence-corrected chi connectivity index (χ1v) is 10.2. The normalized spacial score (nSPS) is 14.7. The number of alkyl halides is 1. The van der Waals surface area contributed by atoms with Crippen molar-refractivity contribution < 1.29 is 18.6 Å². The Bertz CT molecular complexity index is 1210. The summed E-state index contributed by atoms with van der Waals surface area (Å²) >= 11 is 0. The summed E-state index contributed by atoms with van der Waals surface area (Å²) in [4.78, 5) is 26.8. The average Bonchev–Trinajstić information content (AvgIpc) is 2.82. The molecule has 0 spiro atoms. The Morgan fingerprint density at radius 1 is 1.00 bits per heavy atom. The molecule has 0 radical (unpaired) electrons. The Morgan fingerprint density at radius 3 is 2.39 bits per heavy atom. The summed E-state index contributed by atoms with van der Waals surface area (Å²) in [5, 5.41) is 0.335. The van der Waals surface area contributed by atoms with Crippen LogP contribution in [-0.2, 0) is 18.0 Å². The van der Waals surface area contributed by atoms with Crippen molar-refractivity contribution in [2.75, 3.05) is 27.4 Å². The third kappa shape index (κ3) is 3.95. The van der Waals surface area contributed by atoms with Gasteiger partial charge in [-0.2, -0.15) is 0 Å². The molecule has 8 heteroatoms. The maximum Gasteiger partial charge on any atom is 0.332 e. The van der Waals surface area contributed by atoms with E-state index in [0.717, 1.165) is 5.56 Å². The van der Waals surface area contributed by atoms with Gasteiger partial charge in [0.15, 0.2) is 11.5 Å². The molecule has 1 aliphatic heterocycles. The van der Waals surface area contributed by atoms with Crippen molar-refractivity contribution >= 4 is 10.9 Å². The van der Waals surface area contributed by atoms with Gasteiger partial charge in [0.05, 0.1) is 31.7 Å². The summed E-state index contributed by atoms with van der Waals surface area (Å²) in [6, 6.07) is 10.0. The number of halogens is 1. The molecule has 7 nitrogen and oxygen atoms in total. The van der Waals surface area contributed by atoms with E-state index in [4.69, 9.17) is 14.2 Å². The molecule has 0 N–H and O–H groups in total. The molecule has 164 valence electrons. The van der Waals surface area contributed by atoms with Crippen LogP contribution in [0.4, 0.5) is 4.39 Å². The van der Waals surface area contributed by atoms with Crippen molar-refractivity contribution in [2.24, 2.45) is 0 Å². The van der Waals surface area contributed by atoms with Crippen LogP contribution in [0, 0.1) is 0 Å². The van der Waals surface area contributed by atoms with Gasteiger partial charge in [-0.15, -0.1) is 0 Å². The zero-order valence-corrected chi connectivity index (χ0v) is 17.6. The molecule has 3 aromatic rings. The fraction of sp³-hybridized carbons (Fsp3) is 0.391. The minimum absolute atomic E-state index is 0.0665. The first-order valence-electron chi connectivity index (χ1n) is 10.2. The van der Waals surface area contributed by atoms with Gasteiger partial charge in [0, 0.05) is 19.3 Å². The van der Waals surface area contributed by atoms with Crippen molar-refractivity contribution in [1.29, 1.82) is 0 Å². The molecule has 2 heterocycles. The van der Waals surface area contributed by atoms with Crippen LogP contribution < -0.4 is 20.7 Å². The van der Waals surface area contributed by atoms with Crippen molar-refractivity contribution in [3.63, 3.8) is 0 Å². The van der Waals surface area contributed by atoms with E-state index in [2.05, 4.69) is 0 Å². The van der Waals surface area contributed by atoms with E-state index < -0.39 is 12.2 Å². The molecule has 0 amide bonds. The lowest BCUT2D eigenvalue weighted by Crippen LogP contribution is -2.42. The summed E-state index contributed by atoms with van der Waals surface area (Å²) in [6.45, 7) is 0.491. The second-order valence-corrected chi connectivity index (χ2v) is 7.56. The van der Waals surface area contributed by atoms with Crippen molar-refractivity contribution in [2.45, 2.75) is 32.1 Å². The number of hydrogen-bond donors (Lipinski definition) is 0. The number of nitrogens with zero attached hydrogens (tertiary/aromatic N) is 2. The molecule has 0 unspecified atom stereocenters. The van der Waals surface area contributed by atoms with Gasteiger partial charge in [0.2, 0.25) is 0 Å². The van der Waals surface area contributed by atoms with Crippen molar-refractivity contribution in [1.82, 2.24) is 9.13 Å². The summed E-state index contributed by atoms with van der Waals surface area (Å²) < 4.78 is 32.2. The standard InChI is InChI=1S/C23H25FN2O5/c1-29-20-6-4-16(12-21(20)30-2)14-25-22(27)18-11-15(13-24)3-5-19(18)26(23(25)28)17-7-9-31-10-8-17/h3-6,11-12,17H,7-10,13-14H2,1-2H3. The van der Waals surface area contributed by atoms with Gasteiger partial charge in [-0.3, -0.25) is 13.9 Å². The monoisotopic (exact) mass is 428 g/mol. The van der Waals surface area contributed by atoms with Crippen molar-refractivity contribution in [3.8, 4) is 11.5 Å². The number of aromatic nitrogens is 2. The average molecular weight is 428 g/mol. The molecule has 0 saturated carbocycles. The molecule has 0 aliphatic carbocycles. The minimum Gasteiger partial charge on any atom is -0.493 e. The number of rotatable bonds is 6. The van der Waals surface area contributed by atoms with E-state index in [1.54, 1.807) is 42.0 Å². The van der Waals surface area contributed by atoms with Gasteiger partial charge in [-0.25, -0.2) is 9.18 Å². The van der Waals surface area contributed by atoms with Gasteiger partial charge >= 0.3 is 5.69 Å². The topological polar surface area (TPSA) is 71.7 Å². The number of methoxy groups -OCH3 is 2. The fourth-order valence-electron chi connectivity index (χ4n) is 4.11. The highest BCUT2D eigenvalue weighted by Gasteiger charge is 2.23. The summed E-state index contributed by atoms with van der Waals surface area (Å²) in [6.07, 6.45) is 1.35. The highest BCUT2D eigenvalue weighted by molar-refractivity contribution is 5.79. The third-order valence-corrected chi connectivity index (χ3v) is 5.73. The van der Waals surface area contributed by atoms with Gasteiger partial charge < -0.3 is 14.2 Å². The van der Waals surface area contributed by atoms with Gasteiger partial charge in [0.1, 0.15) is 6.67 Å². The van der Waals surface area contributed by atoms with Crippen LogP contribution in [0.15, 0.2) is 46.0 Å². The molecule has 31 heavy (non-hydrogen) atoms. The Hall–Kier alpha value is -3.13. The molecule has 1 aromatic heterocycles. The first-order chi connectivity index (χ1) is 15.1. The highest BCUT2D eigenvalue weighted by Crippen LogP contribution is 2.28. The van der Waals surface area contributed by atoms with Gasteiger partial charge in [-0.05, 0) is 48.2 Å². The van der Waals surface area contributed by atoms with E-state index >= 15 is 0 Å². The summed E-state index contributed by atoms with van der Waals surface area (Å²) in [5.41, 5.74) is 0.832. The molecule has 0 bridgehead atoms. The van der Waals surface area contributed by atoms with E-state index in [1.165, 1.54) is 17.7 Å². The quantitative estimate of drug-likeness (QED) is 0.604. The lowest BCUT2D eigenvalue weighted by molar-refractivity contribution is 0.0691. The SMILES string of the molecule is COc1ccc(Cn2c(=O)c3cc(CF)ccc3n(C3CCOCC3)c2=O)cc1OC. The van der Waals surface area contributed by atoms with Crippen LogP contribution in [0.2, 0.25) is 0 Å². The second-order valence-electron chi connectivity index (χ2n) is 7.56. The Labute approximate surface area is 178 Å². The summed E-state index contributed by atoms with van der Waals surface area (Å²) in [7, 11) is 3.07. The molecule has 1 aliphatic rings. The molecule has 4 rings (SSSR count). The zero-order valence-electron chi connectivity index (χ0n) is 17.6. The minimum atomic E-state index is -0.679. The van der Waals surface area contributed by atoms with Crippen LogP contribution >= 0.6 is 0 Å². The number of ether oxygens (including phenoxy) is 3. The Balaban J connectivity index is 1.90. The molecule has 1 fully saturated rings. The lowest BCUT2D eigenvalue weighted by Gasteiger charge is -2.26. The number of hydrogen-bond acceptors (Lipinski definition) is 5. The number of fused-ring (bicyclic) bond motifs is 1. The number of benzene rings is 2. The summed E-state index contributed by atoms with van der Waals surface area (Å²) in [5.74, 6) is 1.07. The predicted molar refractivity (Wildman–Crippen MR) is 115 cm³/mol. The van der Waals surface area contributed by atoms with Crippen LogP contribution in [0.25, 0.3) is 10.9 Å². The second kappa shape index (κ2) is 8.93. The Kier molecular flexibility index (Phi) is 6.08. The largest absolute Gasteiger partial charge is 0.493 e. The lowest BCUT2D eigenvalue weighted by atomic mass is 10.1. The predicted octanol–water partition coefficient (Wildman–Crippen LogP) is 3.05. The first kappa shape index (κ1) is 21.1. The molecule has 1 saturated heterocycles. The maximum absolute atomic E-state index is 13.5. The maximum atomic E-state index is 13.5. The molecular weight excluding hydrogens is 403 g/mol. The zero-order chi connectivity index (χ0) is 22.0. The third-order valence-electron chi connectivity index (χ3n) is 5.73. The molecular formula is C23H25FN2O5. The fourth-order valence-corrected chi connectivity index (χ4v) is 4.11. The Morgan fingerprint density at radius 2 is 1.71 bits per heavy atom. The van der Waals surface area contributed by atoms with E-state index in [9.17, 15) is 14.0 Å². The van der Waals surface area contributed by atoms with Crippen LogP contribution in [0.1, 0.15) is 30.0 Å². The van der Waals surface area contributed by atoms with E-state index in [0.29, 0.717) is 54.0 Å². The van der Waals surface area contributed by atoms with E-state index in [1.807, 2.05) is 0 Å². The van der Waals surface area contributed by atoms with Crippen LogP contribution in [0.3, 0.4) is 0 Å². The van der Waals surface area contributed by atoms with Gasteiger partial charge in [0.25, 0.3) is 5.56 Å². The van der Waals surface area contributed by atoms with E-state index in [-0.39, 0.29) is 18.3 Å². The molecule has 0 atom stereocenters. The smallest absolute Gasteiger partial charge is 0.332 e. The molecule has 2 aromatic carbocycles. The van der Waals surface area contributed by atoms with Crippen LogP contribution in [-0.4, -0.2) is 36.6 Å². The van der Waals surface area contributed by atoms with Crippen LogP contribution in [0.5, 0.6) is 11.5 Å². The van der Waals surface area contributed by atoms with Gasteiger partial charge in [-0.1, -0.05) is 12.1 Å².